The molecule has 0 spiro atoms. The van der Waals surface area contributed by atoms with E-state index in [4.69, 9.17) is 5.11 Å². The molecule has 0 amide bonds. The van der Waals surface area contributed by atoms with Gasteiger partial charge in [-0.1, -0.05) is 16.8 Å². The zero-order chi connectivity index (χ0) is 7.98. The minimum absolute atomic E-state index is 0.377. The number of aliphatic hydroxyl groups excluding tert-OH is 1. The van der Waals surface area contributed by atoms with Crippen LogP contribution in [0.25, 0.3) is 0 Å². The molecule has 56 valence electrons. The van der Waals surface area contributed by atoms with Crippen molar-refractivity contribution < 1.29 is 14.6 Å². The average Bonchev–Trinajstić information content (AvgIpc) is 1.98. The van der Waals surface area contributed by atoms with Crippen LogP contribution in [0.1, 0.15) is 0 Å². The zero-order valence-corrected chi connectivity index (χ0v) is 7.49. The molecule has 0 aromatic rings. The van der Waals surface area contributed by atoms with E-state index in [1.807, 2.05) is 0 Å². The fourth-order valence-corrected chi connectivity index (χ4v) is 0.772. The fourth-order valence-electron chi connectivity index (χ4n) is 0.286. The Kier molecular flexibility index (Phi) is 5.19. The second kappa shape index (κ2) is 5.40. The van der Waals surface area contributed by atoms with E-state index in [0.29, 0.717) is 0 Å². The second-order valence-electron chi connectivity index (χ2n) is 1.34. The van der Waals surface area contributed by atoms with Gasteiger partial charge in [0, 0.05) is 0 Å². The van der Waals surface area contributed by atoms with E-state index in [1.165, 1.54) is 13.2 Å². The smallest absolute Gasteiger partial charge is 0.373 e. The Balaban J connectivity index is 4.05. The van der Waals surface area contributed by atoms with Crippen molar-refractivity contribution in [3.8, 4) is 0 Å². The molecule has 1 atom stereocenters. The van der Waals surface area contributed by atoms with Crippen molar-refractivity contribution in [1.82, 2.24) is 0 Å². The van der Waals surface area contributed by atoms with Crippen molar-refractivity contribution in [2.75, 3.05) is 7.11 Å². The van der Waals surface area contributed by atoms with Crippen molar-refractivity contribution in [2.45, 2.75) is 0 Å². The molecule has 0 rings (SSSR count). The molecule has 0 aliphatic heterocycles. The highest BCUT2D eigenvalue weighted by Gasteiger charge is 2.03. The number of hydrogen-bond acceptors (Lipinski definition) is 3. The van der Waals surface area contributed by atoms with Crippen LogP contribution < -0.4 is 0 Å². The van der Waals surface area contributed by atoms with Gasteiger partial charge in [-0.3, -0.25) is 0 Å². The summed E-state index contributed by atoms with van der Waals surface area (Å²) in [7, 11) is 4.51. The van der Waals surface area contributed by atoms with Crippen molar-refractivity contribution >= 4 is 28.6 Å². The summed E-state index contributed by atoms with van der Waals surface area (Å²) in [5.41, 5.74) is 0. The van der Waals surface area contributed by atoms with Crippen LogP contribution in [-0.2, 0) is 9.53 Å². The van der Waals surface area contributed by atoms with Gasteiger partial charge in [-0.15, -0.1) is 0 Å². The Morgan fingerprint density at radius 2 is 2.40 bits per heavy atom. The van der Waals surface area contributed by atoms with Gasteiger partial charge in [-0.25, -0.2) is 4.79 Å². The summed E-state index contributed by atoms with van der Waals surface area (Å²) in [6.07, 6.45) is 1.29. The number of aliphatic hydroxyl groups is 1. The molecule has 0 bridgehead atoms. The third-order valence-electron chi connectivity index (χ3n) is 0.713. The van der Waals surface area contributed by atoms with E-state index in [1.54, 1.807) is 5.80 Å². The Labute approximate surface area is 63.0 Å². The number of hydrogen-bond donors (Lipinski definition) is 1. The third-order valence-corrected chi connectivity index (χ3v) is 1.55. The first-order valence-electron chi connectivity index (χ1n) is 2.43. The number of methoxy groups -OCH3 is 1. The largest absolute Gasteiger partial charge is 0.502 e. The molecule has 0 fully saturated rings. The summed E-state index contributed by atoms with van der Waals surface area (Å²) >= 11 is 0. The van der Waals surface area contributed by atoms with Crippen LogP contribution in [0.5, 0.6) is 0 Å². The fraction of sp³-hybridized carbons (Fsp3) is 0.200. The summed E-state index contributed by atoms with van der Waals surface area (Å²) < 4.78 is 4.22. The Morgan fingerprint density at radius 1 is 1.80 bits per heavy atom. The standard InChI is InChI=1S/C5H8O3P2/c1-8-5(7)4(6)2-3-10-9/h2-3,6H,9H2,1H3/b4-2-. The topological polar surface area (TPSA) is 46.5 Å². The van der Waals surface area contributed by atoms with Crippen LogP contribution in [-0.4, -0.2) is 24.0 Å². The molecule has 1 N–H and O–H groups in total. The lowest BCUT2D eigenvalue weighted by Crippen LogP contribution is -2.03. The molecule has 0 radical (unpaired) electrons. The first-order chi connectivity index (χ1) is 4.72. The minimum atomic E-state index is -0.718. The summed E-state index contributed by atoms with van der Waals surface area (Å²) in [6, 6.07) is 0. The van der Waals surface area contributed by atoms with E-state index in [2.05, 4.69) is 13.7 Å². The van der Waals surface area contributed by atoms with Crippen LogP contribution in [0.4, 0.5) is 0 Å². The van der Waals surface area contributed by atoms with E-state index >= 15 is 0 Å². The van der Waals surface area contributed by atoms with Crippen molar-refractivity contribution in [3.63, 3.8) is 0 Å². The van der Waals surface area contributed by atoms with Gasteiger partial charge in [0.05, 0.1) is 7.11 Å². The molecule has 0 aromatic heterocycles. The predicted molar refractivity (Wildman–Crippen MR) is 45.4 cm³/mol. The van der Waals surface area contributed by atoms with Crippen LogP contribution in [0, 0.1) is 0 Å². The number of esters is 1. The van der Waals surface area contributed by atoms with Gasteiger partial charge in [0.15, 0.2) is 0 Å². The average molecular weight is 178 g/mol. The van der Waals surface area contributed by atoms with Gasteiger partial charge in [0.1, 0.15) is 0 Å². The van der Waals surface area contributed by atoms with Crippen LogP contribution >= 0.6 is 16.8 Å². The molecule has 0 aliphatic rings. The summed E-state index contributed by atoms with van der Waals surface area (Å²) in [6.45, 7) is 0. The molecule has 0 aliphatic carbocycles. The molecule has 10 heavy (non-hydrogen) atoms. The molecular formula is C5H8O3P2. The Morgan fingerprint density at radius 3 is 2.80 bits per heavy atom. The van der Waals surface area contributed by atoms with Gasteiger partial charge in [-0.05, 0) is 11.9 Å². The zero-order valence-electron chi connectivity index (χ0n) is 5.44. The molecule has 5 heteroatoms. The monoisotopic (exact) mass is 178 g/mol. The van der Waals surface area contributed by atoms with E-state index in [9.17, 15) is 4.79 Å². The van der Waals surface area contributed by atoms with Crippen LogP contribution in [0.15, 0.2) is 11.8 Å². The maximum atomic E-state index is 10.4. The minimum Gasteiger partial charge on any atom is -0.502 e. The molecule has 1 unspecified atom stereocenters. The number of allylic oxidation sites excluding steroid dienone is 1. The predicted octanol–water partition coefficient (Wildman–Crippen LogP) is 1.14. The summed E-state index contributed by atoms with van der Waals surface area (Å²) in [5, 5.41) is 8.79. The van der Waals surface area contributed by atoms with Crippen molar-refractivity contribution in [2.24, 2.45) is 0 Å². The maximum Gasteiger partial charge on any atom is 0.373 e. The highest BCUT2D eigenvalue weighted by Crippen LogP contribution is 2.04. The quantitative estimate of drug-likeness (QED) is 0.298. The van der Waals surface area contributed by atoms with Crippen molar-refractivity contribution in [3.05, 3.63) is 11.8 Å². The molecular weight excluding hydrogens is 170 g/mol. The highest BCUT2D eigenvalue weighted by molar-refractivity contribution is 8.01. The number of ether oxygens (including phenoxy) is 1. The van der Waals surface area contributed by atoms with Crippen molar-refractivity contribution in [1.29, 1.82) is 0 Å². The number of carbonyl (C=O) groups is 1. The third kappa shape index (κ3) is 3.60. The van der Waals surface area contributed by atoms with Crippen LogP contribution in [0.2, 0.25) is 0 Å². The second-order valence-corrected chi connectivity index (χ2v) is 2.83. The SMILES string of the molecule is COC(=O)/C(O)=C/C=P\P. The van der Waals surface area contributed by atoms with E-state index in [-0.39, 0.29) is 5.76 Å². The van der Waals surface area contributed by atoms with E-state index < -0.39 is 5.97 Å². The maximum absolute atomic E-state index is 10.4. The summed E-state index contributed by atoms with van der Waals surface area (Å²) in [4.78, 5) is 10.4. The van der Waals surface area contributed by atoms with E-state index in [0.717, 1.165) is 7.89 Å². The number of carbonyl (C=O) groups excluding carboxylic acids is 1. The van der Waals surface area contributed by atoms with Gasteiger partial charge < -0.3 is 9.84 Å². The first kappa shape index (κ1) is 9.61. The summed E-state index contributed by atoms with van der Waals surface area (Å²) in [5.74, 6) is 0.513. The Bertz CT molecular complexity index is 174. The van der Waals surface area contributed by atoms with Gasteiger partial charge in [0.25, 0.3) is 0 Å². The molecule has 0 aromatic carbocycles. The van der Waals surface area contributed by atoms with Gasteiger partial charge >= 0.3 is 5.97 Å². The molecule has 0 saturated carbocycles. The number of rotatable bonds is 2. The molecule has 0 heterocycles. The van der Waals surface area contributed by atoms with Gasteiger partial charge in [-0.2, -0.15) is 0 Å². The first-order valence-corrected chi connectivity index (χ1v) is 5.01. The molecule has 3 nitrogen and oxygen atoms in total. The lowest BCUT2D eigenvalue weighted by atomic mass is 10.5. The lowest BCUT2D eigenvalue weighted by Gasteiger charge is -1.93. The highest BCUT2D eigenvalue weighted by atomic mass is 32.0. The molecule has 0 saturated heterocycles. The Hall–Kier alpha value is -0.390. The van der Waals surface area contributed by atoms with Crippen LogP contribution in [0.3, 0.4) is 0 Å². The normalized spacial score (nSPS) is 12.0. The lowest BCUT2D eigenvalue weighted by molar-refractivity contribution is -0.139. The van der Waals surface area contributed by atoms with Gasteiger partial charge in [0.2, 0.25) is 5.76 Å².